The van der Waals surface area contributed by atoms with Crippen molar-refractivity contribution in [3.63, 3.8) is 0 Å². The molecule has 0 aliphatic carbocycles. The summed E-state index contributed by atoms with van der Waals surface area (Å²) in [6.45, 7) is 5.52. The number of aromatic nitrogens is 1. The largest absolute Gasteiger partial charge is 0.380 e. The third-order valence-electron chi connectivity index (χ3n) is 4.14. The summed E-state index contributed by atoms with van der Waals surface area (Å²) in [5, 5.41) is 4.76. The van der Waals surface area contributed by atoms with Gasteiger partial charge in [0.1, 0.15) is 5.69 Å². The smallest absolute Gasteiger partial charge is 0.189 e. The molecule has 0 bridgehead atoms. The third-order valence-corrected chi connectivity index (χ3v) is 4.49. The van der Waals surface area contributed by atoms with Crippen LogP contribution in [0, 0.1) is 6.92 Å². The second-order valence-corrected chi connectivity index (χ2v) is 6.33. The molecule has 25 heavy (non-hydrogen) atoms. The van der Waals surface area contributed by atoms with Gasteiger partial charge in [-0.2, -0.15) is 5.10 Å². The lowest BCUT2D eigenvalue weighted by molar-refractivity contribution is 0.381. The van der Waals surface area contributed by atoms with Crippen LogP contribution in [-0.4, -0.2) is 47.0 Å². The van der Waals surface area contributed by atoms with Crippen molar-refractivity contribution in [2.24, 2.45) is 10.8 Å². The van der Waals surface area contributed by atoms with Gasteiger partial charge in [-0.15, -0.1) is 0 Å². The van der Waals surface area contributed by atoms with E-state index in [2.05, 4.69) is 49.6 Å². The van der Waals surface area contributed by atoms with Gasteiger partial charge in [0.25, 0.3) is 0 Å². The SMILES string of the molecule is Cc1ccnc(/C(N)=N/NC(=S)N2CCN(c3ccccc3)CC2)c1. The number of amidine groups is 1. The summed E-state index contributed by atoms with van der Waals surface area (Å²) in [7, 11) is 0. The number of benzene rings is 1. The topological polar surface area (TPSA) is 69.8 Å². The van der Waals surface area contributed by atoms with Gasteiger partial charge in [-0.25, -0.2) is 0 Å². The van der Waals surface area contributed by atoms with Crippen LogP contribution in [0.25, 0.3) is 0 Å². The van der Waals surface area contributed by atoms with Crippen molar-refractivity contribution in [2.45, 2.75) is 6.92 Å². The average Bonchev–Trinajstić information content (AvgIpc) is 2.66. The number of nitrogens with one attached hydrogen (secondary N) is 1. The predicted molar refractivity (Wildman–Crippen MR) is 106 cm³/mol. The first kappa shape index (κ1) is 17.2. The van der Waals surface area contributed by atoms with E-state index in [1.165, 1.54) is 5.69 Å². The first-order chi connectivity index (χ1) is 12.1. The molecule has 3 rings (SSSR count). The molecule has 1 aromatic heterocycles. The predicted octanol–water partition coefficient (Wildman–Crippen LogP) is 1.71. The first-order valence-corrected chi connectivity index (χ1v) is 8.65. The number of nitrogens with zero attached hydrogens (tertiary/aromatic N) is 4. The number of nitrogens with two attached hydrogens (primary N) is 1. The van der Waals surface area contributed by atoms with Crippen LogP contribution in [0.1, 0.15) is 11.3 Å². The quantitative estimate of drug-likeness (QED) is 0.378. The van der Waals surface area contributed by atoms with Crippen LogP contribution in [0.3, 0.4) is 0 Å². The highest BCUT2D eigenvalue weighted by Gasteiger charge is 2.18. The molecular formula is C18H22N6S. The number of hydrogen-bond donors (Lipinski definition) is 2. The van der Waals surface area contributed by atoms with Crippen molar-refractivity contribution in [1.82, 2.24) is 15.3 Å². The van der Waals surface area contributed by atoms with Gasteiger partial charge in [-0.05, 0) is 49.0 Å². The maximum atomic E-state index is 5.98. The molecule has 0 spiro atoms. The fourth-order valence-corrected chi connectivity index (χ4v) is 2.95. The van der Waals surface area contributed by atoms with E-state index in [9.17, 15) is 0 Å². The van der Waals surface area contributed by atoms with Crippen LogP contribution in [-0.2, 0) is 0 Å². The van der Waals surface area contributed by atoms with Crippen LogP contribution in [0.4, 0.5) is 5.69 Å². The van der Waals surface area contributed by atoms with E-state index in [4.69, 9.17) is 18.0 Å². The highest BCUT2D eigenvalue weighted by molar-refractivity contribution is 7.80. The lowest BCUT2D eigenvalue weighted by Gasteiger charge is -2.36. The minimum absolute atomic E-state index is 0.328. The van der Waals surface area contributed by atoms with Crippen molar-refractivity contribution in [3.05, 3.63) is 59.9 Å². The molecule has 1 aliphatic rings. The van der Waals surface area contributed by atoms with E-state index < -0.39 is 0 Å². The third kappa shape index (κ3) is 4.45. The molecule has 0 radical (unpaired) electrons. The zero-order valence-electron chi connectivity index (χ0n) is 14.2. The lowest BCUT2D eigenvalue weighted by atomic mass is 10.2. The summed E-state index contributed by atoms with van der Waals surface area (Å²) in [5.41, 5.74) is 11.8. The Morgan fingerprint density at radius 1 is 1.16 bits per heavy atom. The molecule has 1 aromatic carbocycles. The standard InChI is InChI=1S/C18H22N6S/c1-14-7-8-20-16(13-14)17(19)21-22-18(25)24-11-9-23(10-12-24)15-5-3-2-4-6-15/h2-8,13H,9-12H2,1H3,(H2,19,21)(H,22,25). The van der Waals surface area contributed by atoms with Gasteiger partial charge >= 0.3 is 0 Å². The molecule has 0 atom stereocenters. The number of para-hydroxylation sites is 1. The van der Waals surface area contributed by atoms with Crippen LogP contribution in [0.5, 0.6) is 0 Å². The van der Waals surface area contributed by atoms with Gasteiger partial charge in [0.15, 0.2) is 10.9 Å². The summed E-state index contributed by atoms with van der Waals surface area (Å²) in [6, 6.07) is 14.2. The summed E-state index contributed by atoms with van der Waals surface area (Å²) in [6.07, 6.45) is 1.72. The minimum atomic E-state index is 0.328. The molecule has 1 saturated heterocycles. The maximum Gasteiger partial charge on any atom is 0.189 e. The van der Waals surface area contributed by atoms with E-state index >= 15 is 0 Å². The monoisotopic (exact) mass is 354 g/mol. The summed E-state index contributed by atoms with van der Waals surface area (Å²) in [5.74, 6) is 0.328. The van der Waals surface area contributed by atoms with Crippen molar-refractivity contribution >= 4 is 28.9 Å². The maximum absolute atomic E-state index is 5.98. The summed E-state index contributed by atoms with van der Waals surface area (Å²) < 4.78 is 0. The summed E-state index contributed by atoms with van der Waals surface area (Å²) in [4.78, 5) is 8.68. The normalized spacial score (nSPS) is 15.2. The van der Waals surface area contributed by atoms with Gasteiger partial charge in [-0.1, -0.05) is 18.2 Å². The second-order valence-electron chi connectivity index (χ2n) is 5.94. The van der Waals surface area contributed by atoms with Crippen LogP contribution in [0.15, 0.2) is 53.8 Å². The fraction of sp³-hybridized carbons (Fsp3) is 0.278. The molecule has 0 saturated carbocycles. The molecule has 0 unspecified atom stereocenters. The second kappa shape index (κ2) is 7.94. The molecule has 7 heteroatoms. The van der Waals surface area contributed by atoms with Crippen molar-refractivity contribution in [2.75, 3.05) is 31.1 Å². The Hall–Kier alpha value is -2.67. The number of piperazine rings is 1. The van der Waals surface area contributed by atoms with Crippen molar-refractivity contribution in [3.8, 4) is 0 Å². The highest BCUT2D eigenvalue weighted by Crippen LogP contribution is 2.15. The number of pyridine rings is 1. The number of hydrogen-bond acceptors (Lipinski definition) is 4. The number of rotatable bonds is 3. The Kier molecular flexibility index (Phi) is 5.45. The lowest BCUT2D eigenvalue weighted by Crippen LogP contribution is -2.51. The molecule has 6 nitrogen and oxygen atoms in total. The van der Waals surface area contributed by atoms with Gasteiger partial charge in [0, 0.05) is 38.1 Å². The molecule has 0 amide bonds. The highest BCUT2D eigenvalue weighted by atomic mass is 32.1. The average molecular weight is 354 g/mol. The van der Waals surface area contributed by atoms with Crippen LogP contribution in [0.2, 0.25) is 0 Å². The Labute approximate surface area is 153 Å². The summed E-state index contributed by atoms with van der Waals surface area (Å²) >= 11 is 5.44. The van der Waals surface area contributed by atoms with E-state index in [0.717, 1.165) is 31.7 Å². The zero-order chi connectivity index (χ0) is 17.6. The van der Waals surface area contributed by atoms with Gasteiger partial charge < -0.3 is 15.5 Å². The van der Waals surface area contributed by atoms with Crippen LogP contribution < -0.4 is 16.1 Å². The Bertz CT molecular complexity index is 753. The van der Waals surface area contributed by atoms with Gasteiger partial charge in [-0.3, -0.25) is 10.4 Å². The van der Waals surface area contributed by atoms with Crippen molar-refractivity contribution in [1.29, 1.82) is 0 Å². The Morgan fingerprint density at radius 2 is 1.88 bits per heavy atom. The van der Waals surface area contributed by atoms with Gasteiger partial charge in [0.2, 0.25) is 0 Å². The molecule has 1 aliphatic heterocycles. The number of anilines is 1. The molecule has 2 aromatic rings. The molecular weight excluding hydrogens is 332 g/mol. The molecule has 2 heterocycles. The van der Waals surface area contributed by atoms with E-state index in [1.54, 1.807) is 6.20 Å². The van der Waals surface area contributed by atoms with E-state index in [1.807, 2.05) is 25.1 Å². The first-order valence-electron chi connectivity index (χ1n) is 8.24. The molecule has 3 N–H and O–H groups in total. The minimum Gasteiger partial charge on any atom is -0.380 e. The Balaban J connectivity index is 1.53. The van der Waals surface area contributed by atoms with E-state index in [-0.39, 0.29) is 0 Å². The number of hydrazone groups is 1. The van der Waals surface area contributed by atoms with Crippen LogP contribution >= 0.6 is 12.2 Å². The van der Waals surface area contributed by atoms with Crippen molar-refractivity contribution < 1.29 is 0 Å². The molecule has 1 fully saturated rings. The van der Waals surface area contributed by atoms with E-state index in [0.29, 0.717) is 16.6 Å². The Morgan fingerprint density at radius 3 is 2.56 bits per heavy atom. The number of thiocarbonyl (C=S) groups is 1. The fourth-order valence-electron chi connectivity index (χ4n) is 2.72. The number of aryl methyl sites for hydroxylation is 1. The molecule has 130 valence electrons. The van der Waals surface area contributed by atoms with Gasteiger partial charge in [0.05, 0.1) is 0 Å². The zero-order valence-corrected chi connectivity index (χ0v) is 15.0.